The van der Waals surface area contributed by atoms with Crippen molar-refractivity contribution in [3.63, 3.8) is 0 Å². The maximum atomic E-state index is 12.8. The van der Waals surface area contributed by atoms with E-state index in [0.29, 0.717) is 25.3 Å². The molecule has 0 saturated carbocycles. The standard InChI is InChI=1S/C20H22BrN5O2/c1-13-14(2)28-19(22-13)12-25-7-9-26(10-8-25)20(27)18-11-17(23-24-18)15-3-5-16(21)6-4-15/h3-6,11H,7-10,12H2,1-2H3,(H,23,24). The SMILES string of the molecule is Cc1nc(CN2CCN(C(=O)c3cc(-c4ccc(Br)cc4)n[nH]3)CC2)oc1C. The minimum Gasteiger partial charge on any atom is -0.444 e. The first-order valence-corrected chi connectivity index (χ1v) is 10.0. The van der Waals surface area contributed by atoms with Gasteiger partial charge in [-0.3, -0.25) is 14.8 Å². The zero-order valence-electron chi connectivity index (χ0n) is 15.9. The molecular weight excluding hydrogens is 422 g/mol. The fourth-order valence-corrected chi connectivity index (χ4v) is 3.54. The number of H-pyrrole nitrogens is 1. The summed E-state index contributed by atoms with van der Waals surface area (Å²) in [6, 6.07) is 9.68. The molecule has 8 heteroatoms. The number of nitrogens with zero attached hydrogens (tertiary/aromatic N) is 4. The lowest BCUT2D eigenvalue weighted by Gasteiger charge is -2.33. The van der Waals surface area contributed by atoms with Crippen molar-refractivity contribution >= 4 is 21.8 Å². The van der Waals surface area contributed by atoms with E-state index in [2.05, 4.69) is 36.0 Å². The minimum absolute atomic E-state index is 0.0154. The van der Waals surface area contributed by atoms with Crippen LogP contribution in [-0.2, 0) is 6.54 Å². The monoisotopic (exact) mass is 443 g/mol. The van der Waals surface area contributed by atoms with Gasteiger partial charge in [-0.15, -0.1) is 0 Å². The molecule has 146 valence electrons. The summed E-state index contributed by atoms with van der Waals surface area (Å²) in [4.78, 5) is 21.4. The Morgan fingerprint density at radius 1 is 1.18 bits per heavy atom. The van der Waals surface area contributed by atoms with Crippen LogP contribution in [-0.4, -0.2) is 57.1 Å². The average Bonchev–Trinajstić information content (AvgIpc) is 3.30. The van der Waals surface area contributed by atoms with Crippen LogP contribution in [0.2, 0.25) is 0 Å². The van der Waals surface area contributed by atoms with Crippen LogP contribution in [0.25, 0.3) is 11.3 Å². The molecule has 0 atom stereocenters. The summed E-state index contributed by atoms with van der Waals surface area (Å²) < 4.78 is 6.67. The van der Waals surface area contributed by atoms with E-state index in [1.54, 1.807) is 0 Å². The molecule has 1 aliphatic heterocycles. The molecular formula is C20H22BrN5O2. The first-order chi connectivity index (χ1) is 13.5. The second-order valence-corrected chi connectivity index (χ2v) is 7.91. The Labute approximate surface area is 171 Å². The Bertz CT molecular complexity index is 951. The Hall–Kier alpha value is -2.45. The Morgan fingerprint density at radius 3 is 2.54 bits per heavy atom. The number of halogens is 1. The first-order valence-electron chi connectivity index (χ1n) is 9.25. The molecule has 1 saturated heterocycles. The van der Waals surface area contributed by atoms with E-state index in [9.17, 15) is 4.79 Å². The molecule has 0 bridgehead atoms. The van der Waals surface area contributed by atoms with Gasteiger partial charge in [-0.05, 0) is 32.0 Å². The maximum absolute atomic E-state index is 12.8. The molecule has 3 heterocycles. The van der Waals surface area contributed by atoms with Gasteiger partial charge in [-0.25, -0.2) is 4.98 Å². The minimum atomic E-state index is -0.0154. The highest BCUT2D eigenvalue weighted by molar-refractivity contribution is 9.10. The molecule has 1 aliphatic rings. The van der Waals surface area contributed by atoms with Gasteiger partial charge in [0.1, 0.15) is 11.5 Å². The number of piperazine rings is 1. The molecule has 2 aromatic heterocycles. The number of hydrogen-bond acceptors (Lipinski definition) is 5. The number of benzene rings is 1. The predicted octanol–water partition coefficient (Wildman–Crippen LogP) is 3.40. The molecule has 3 aromatic rings. The number of nitrogens with one attached hydrogen (secondary N) is 1. The van der Waals surface area contributed by atoms with Gasteiger partial charge < -0.3 is 9.32 Å². The largest absolute Gasteiger partial charge is 0.444 e. The molecule has 0 spiro atoms. The third kappa shape index (κ3) is 4.02. The van der Waals surface area contributed by atoms with Crippen LogP contribution in [0.5, 0.6) is 0 Å². The van der Waals surface area contributed by atoms with Crippen molar-refractivity contribution in [3.8, 4) is 11.3 Å². The molecule has 0 unspecified atom stereocenters. The topological polar surface area (TPSA) is 78.3 Å². The second-order valence-electron chi connectivity index (χ2n) is 6.99. The van der Waals surface area contributed by atoms with Gasteiger partial charge in [0.25, 0.3) is 5.91 Å². The van der Waals surface area contributed by atoms with E-state index >= 15 is 0 Å². The lowest BCUT2D eigenvalue weighted by molar-refractivity contribution is 0.0612. The number of carbonyl (C=O) groups is 1. The van der Waals surface area contributed by atoms with Crippen molar-refractivity contribution in [2.45, 2.75) is 20.4 Å². The van der Waals surface area contributed by atoms with E-state index < -0.39 is 0 Å². The molecule has 1 aromatic carbocycles. The fourth-order valence-electron chi connectivity index (χ4n) is 3.28. The van der Waals surface area contributed by atoms with Gasteiger partial charge in [-0.2, -0.15) is 5.10 Å². The van der Waals surface area contributed by atoms with Gasteiger partial charge in [0.2, 0.25) is 5.89 Å². The van der Waals surface area contributed by atoms with Gasteiger partial charge in [0, 0.05) is 36.2 Å². The number of rotatable bonds is 4. The molecule has 7 nitrogen and oxygen atoms in total. The van der Waals surface area contributed by atoms with E-state index in [0.717, 1.165) is 46.2 Å². The molecule has 0 radical (unpaired) electrons. The third-order valence-electron chi connectivity index (χ3n) is 5.04. The fraction of sp³-hybridized carbons (Fsp3) is 0.350. The van der Waals surface area contributed by atoms with Gasteiger partial charge in [0.05, 0.1) is 17.9 Å². The Balaban J connectivity index is 1.35. The summed E-state index contributed by atoms with van der Waals surface area (Å²) in [6.45, 7) is 7.48. The number of oxazole rings is 1. The predicted molar refractivity (Wildman–Crippen MR) is 109 cm³/mol. The Morgan fingerprint density at radius 2 is 1.89 bits per heavy atom. The van der Waals surface area contributed by atoms with Crippen molar-refractivity contribution in [3.05, 3.63) is 57.8 Å². The number of aromatic amines is 1. The van der Waals surface area contributed by atoms with Crippen molar-refractivity contribution in [1.82, 2.24) is 25.0 Å². The number of amides is 1. The highest BCUT2D eigenvalue weighted by atomic mass is 79.9. The summed E-state index contributed by atoms with van der Waals surface area (Å²) in [5, 5.41) is 7.18. The highest BCUT2D eigenvalue weighted by Gasteiger charge is 2.24. The van der Waals surface area contributed by atoms with Gasteiger partial charge in [0.15, 0.2) is 0 Å². The summed E-state index contributed by atoms with van der Waals surface area (Å²) in [5.41, 5.74) is 3.19. The lowest BCUT2D eigenvalue weighted by Crippen LogP contribution is -2.48. The molecule has 28 heavy (non-hydrogen) atoms. The number of carbonyl (C=O) groups excluding carboxylic acids is 1. The number of aromatic nitrogens is 3. The van der Waals surface area contributed by atoms with E-state index in [4.69, 9.17) is 4.42 Å². The quantitative estimate of drug-likeness (QED) is 0.668. The number of hydrogen-bond donors (Lipinski definition) is 1. The number of aryl methyl sites for hydroxylation is 2. The summed E-state index contributed by atoms with van der Waals surface area (Å²) >= 11 is 3.43. The van der Waals surface area contributed by atoms with Gasteiger partial charge >= 0.3 is 0 Å². The van der Waals surface area contributed by atoms with Crippen LogP contribution in [0, 0.1) is 13.8 Å². The molecule has 1 fully saturated rings. The van der Waals surface area contributed by atoms with Crippen LogP contribution in [0.4, 0.5) is 0 Å². The van der Waals surface area contributed by atoms with E-state index in [1.807, 2.05) is 49.1 Å². The summed E-state index contributed by atoms with van der Waals surface area (Å²) in [7, 11) is 0. The lowest BCUT2D eigenvalue weighted by atomic mass is 10.1. The van der Waals surface area contributed by atoms with E-state index in [-0.39, 0.29) is 5.91 Å². The highest BCUT2D eigenvalue weighted by Crippen LogP contribution is 2.21. The van der Waals surface area contributed by atoms with Crippen molar-refractivity contribution < 1.29 is 9.21 Å². The maximum Gasteiger partial charge on any atom is 0.271 e. The van der Waals surface area contributed by atoms with Crippen LogP contribution >= 0.6 is 15.9 Å². The normalized spacial score (nSPS) is 15.2. The van der Waals surface area contributed by atoms with Crippen LogP contribution in [0.1, 0.15) is 27.8 Å². The molecule has 0 aliphatic carbocycles. The zero-order chi connectivity index (χ0) is 19.7. The Kier molecular flexibility index (Phi) is 5.32. The van der Waals surface area contributed by atoms with Crippen molar-refractivity contribution in [2.24, 2.45) is 0 Å². The first kappa shape index (κ1) is 18.9. The van der Waals surface area contributed by atoms with Gasteiger partial charge in [-0.1, -0.05) is 28.1 Å². The molecule has 1 N–H and O–H groups in total. The smallest absolute Gasteiger partial charge is 0.271 e. The summed E-state index contributed by atoms with van der Waals surface area (Å²) in [6.07, 6.45) is 0. The second kappa shape index (κ2) is 7.89. The van der Waals surface area contributed by atoms with Crippen molar-refractivity contribution in [2.75, 3.05) is 26.2 Å². The zero-order valence-corrected chi connectivity index (χ0v) is 17.5. The van der Waals surface area contributed by atoms with Crippen LogP contribution in [0.15, 0.2) is 39.2 Å². The van der Waals surface area contributed by atoms with Crippen LogP contribution in [0.3, 0.4) is 0 Å². The van der Waals surface area contributed by atoms with Crippen molar-refractivity contribution in [1.29, 1.82) is 0 Å². The van der Waals surface area contributed by atoms with Crippen LogP contribution < -0.4 is 0 Å². The third-order valence-corrected chi connectivity index (χ3v) is 5.57. The average molecular weight is 444 g/mol. The van der Waals surface area contributed by atoms with E-state index in [1.165, 1.54) is 0 Å². The summed E-state index contributed by atoms with van der Waals surface area (Å²) in [5.74, 6) is 1.59. The molecule has 1 amide bonds. The molecule has 4 rings (SSSR count).